The van der Waals surface area contributed by atoms with Crippen molar-refractivity contribution in [1.29, 1.82) is 0 Å². The summed E-state index contributed by atoms with van der Waals surface area (Å²) in [5.74, 6) is 0.755. The Balaban J connectivity index is 1.98. The average Bonchev–Trinajstić information content (AvgIpc) is 2.72. The maximum Gasteiger partial charge on any atom is 0.187 e. The Morgan fingerprint density at radius 3 is 1.93 bits per heavy atom. The highest BCUT2D eigenvalue weighted by Crippen LogP contribution is 2.29. The van der Waals surface area contributed by atoms with Crippen LogP contribution < -0.4 is 0 Å². The summed E-state index contributed by atoms with van der Waals surface area (Å²) >= 11 is 4.12. The molecule has 0 aromatic carbocycles. The molecular formula is C17H32O11S. The van der Waals surface area contributed by atoms with Gasteiger partial charge < -0.3 is 54.7 Å². The summed E-state index contributed by atoms with van der Waals surface area (Å²) in [6.45, 7) is -0.965. The van der Waals surface area contributed by atoms with E-state index < -0.39 is 74.6 Å². The van der Waals surface area contributed by atoms with E-state index in [0.29, 0.717) is 6.42 Å². The van der Waals surface area contributed by atoms with Crippen LogP contribution >= 0.6 is 12.6 Å². The molecule has 0 spiro atoms. The molecule has 7 N–H and O–H groups in total. The number of rotatable bonds is 10. The minimum atomic E-state index is -1.70. The van der Waals surface area contributed by atoms with Crippen molar-refractivity contribution >= 4 is 12.6 Å². The summed E-state index contributed by atoms with van der Waals surface area (Å²) in [7, 11) is 0. The quantitative estimate of drug-likeness (QED) is 0.125. The van der Waals surface area contributed by atoms with Crippen molar-refractivity contribution in [2.45, 2.75) is 80.7 Å². The monoisotopic (exact) mass is 444 g/mol. The van der Waals surface area contributed by atoms with E-state index in [0.717, 1.165) is 18.6 Å². The van der Waals surface area contributed by atoms with E-state index in [1.807, 2.05) is 0 Å². The van der Waals surface area contributed by atoms with Gasteiger partial charge in [-0.15, -0.1) is 0 Å². The molecule has 10 atom stereocenters. The molecule has 2 saturated heterocycles. The van der Waals surface area contributed by atoms with Crippen molar-refractivity contribution < 1.29 is 54.7 Å². The van der Waals surface area contributed by atoms with Gasteiger partial charge in [-0.3, -0.25) is 0 Å². The Bertz CT molecular complexity index is 469. The number of thiol groups is 1. The first-order chi connectivity index (χ1) is 13.8. The molecule has 2 rings (SSSR count). The van der Waals surface area contributed by atoms with Gasteiger partial charge in [0, 0.05) is 6.61 Å². The van der Waals surface area contributed by atoms with Crippen LogP contribution in [0.3, 0.4) is 0 Å². The van der Waals surface area contributed by atoms with E-state index in [4.69, 9.17) is 18.9 Å². The number of aliphatic hydroxyl groups excluding tert-OH is 7. The van der Waals surface area contributed by atoms with Crippen molar-refractivity contribution in [1.82, 2.24) is 0 Å². The summed E-state index contributed by atoms with van der Waals surface area (Å²) < 4.78 is 21.7. The third-order valence-electron chi connectivity index (χ3n) is 5.04. The fourth-order valence-electron chi connectivity index (χ4n) is 3.28. The molecule has 29 heavy (non-hydrogen) atoms. The van der Waals surface area contributed by atoms with Crippen LogP contribution in [0.5, 0.6) is 0 Å². The number of ether oxygens (including phenoxy) is 4. The number of hydrogen-bond acceptors (Lipinski definition) is 12. The third kappa shape index (κ3) is 6.21. The zero-order chi connectivity index (χ0) is 21.6. The summed E-state index contributed by atoms with van der Waals surface area (Å²) in [4.78, 5) is 0. The number of hydrogen-bond donors (Lipinski definition) is 8. The average molecular weight is 444 g/mol. The smallest absolute Gasteiger partial charge is 0.187 e. The van der Waals surface area contributed by atoms with Crippen molar-refractivity contribution in [3.8, 4) is 0 Å². The summed E-state index contributed by atoms with van der Waals surface area (Å²) in [6, 6.07) is 0. The lowest BCUT2D eigenvalue weighted by Crippen LogP contribution is -2.64. The van der Waals surface area contributed by atoms with Crippen LogP contribution in [0.15, 0.2) is 0 Å². The molecule has 0 radical (unpaired) electrons. The molecule has 2 fully saturated rings. The van der Waals surface area contributed by atoms with Gasteiger partial charge in [-0.25, -0.2) is 0 Å². The van der Waals surface area contributed by atoms with Crippen LogP contribution in [0.2, 0.25) is 0 Å². The standard InChI is InChI=1S/C17H32O11S/c18-6-8-10(20)11(21)13(23)17(26-8)28-15-9(7-19)27-16(14(24)12(15)22)25-4-2-1-3-5-29/h8-24,29H,1-7H2/t8?,9?,10-,11-,12+,13?,14?,15+,16+,17-/m0/s1. The third-order valence-corrected chi connectivity index (χ3v) is 5.36. The van der Waals surface area contributed by atoms with Crippen molar-refractivity contribution in [3.05, 3.63) is 0 Å². The highest BCUT2D eigenvalue weighted by atomic mass is 32.1. The lowest BCUT2D eigenvalue weighted by atomic mass is 9.97. The van der Waals surface area contributed by atoms with E-state index in [-0.39, 0.29) is 6.61 Å². The first-order valence-electron chi connectivity index (χ1n) is 9.66. The van der Waals surface area contributed by atoms with E-state index in [2.05, 4.69) is 12.6 Å². The van der Waals surface area contributed by atoms with Crippen LogP contribution in [0.25, 0.3) is 0 Å². The van der Waals surface area contributed by atoms with Gasteiger partial charge in [0.2, 0.25) is 0 Å². The van der Waals surface area contributed by atoms with Gasteiger partial charge in [-0.2, -0.15) is 12.6 Å². The Labute approximate surface area is 174 Å². The second kappa shape index (κ2) is 12.1. The molecule has 172 valence electrons. The van der Waals surface area contributed by atoms with E-state index in [1.165, 1.54) is 0 Å². The maximum absolute atomic E-state index is 10.5. The molecule has 0 aliphatic carbocycles. The van der Waals surface area contributed by atoms with Crippen molar-refractivity contribution in [2.24, 2.45) is 0 Å². The summed E-state index contributed by atoms with van der Waals surface area (Å²) in [5, 5.41) is 69.4. The first kappa shape index (κ1) is 25.2. The molecule has 2 heterocycles. The Morgan fingerprint density at radius 2 is 1.31 bits per heavy atom. The van der Waals surface area contributed by atoms with E-state index in [9.17, 15) is 35.7 Å². The Hall–Kier alpha value is -0.0900. The molecule has 11 nitrogen and oxygen atoms in total. The van der Waals surface area contributed by atoms with Crippen LogP contribution in [0, 0.1) is 0 Å². The Morgan fingerprint density at radius 1 is 0.690 bits per heavy atom. The predicted octanol–water partition coefficient (Wildman–Crippen LogP) is -3.27. The lowest BCUT2D eigenvalue weighted by Gasteiger charge is -2.45. The molecular weight excluding hydrogens is 412 g/mol. The summed E-state index contributed by atoms with van der Waals surface area (Å²) in [5.41, 5.74) is 0. The Kier molecular flexibility index (Phi) is 10.5. The van der Waals surface area contributed by atoms with Crippen LogP contribution in [-0.4, -0.2) is 123 Å². The van der Waals surface area contributed by atoms with E-state index >= 15 is 0 Å². The zero-order valence-electron chi connectivity index (χ0n) is 15.9. The zero-order valence-corrected chi connectivity index (χ0v) is 16.8. The molecule has 0 aromatic rings. The van der Waals surface area contributed by atoms with Gasteiger partial charge in [0.05, 0.1) is 13.2 Å². The second-order valence-corrected chi connectivity index (χ2v) is 7.61. The molecule has 0 bridgehead atoms. The van der Waals surface area contributed by atoms with Crippen molar-refractivity contribution in [2.75, 3.05) is 25.6 Å². The predicted molar refractivity (Wildman–Crippen MR) is 100 cm³/mol. The van der Waals surface area contributed by atoms with Gasteiger partial charge in [0.25, 0.3) is 0 Å². The molecule has 2 aliphatic heterocycles. The SMILES string of the molecule is OCC1O[C@@H](OCCCCCS)C(O)[C@@H](O)[C@@H]1O[C@@H]1OC(CO)[C@H](O)[C@H](O)C1O. The first-order valence-corrected chi connectivity index (χ1v) is 10.3. The van der Waals surface area contributed by atoms with Gasteiger partial charge in [-0.05, 0) is 18.6 Å². The number of unbranched alkanes of at least 4 members (excludes halogenated alkanes) is 2. The molecule has 4 unspecified atom stereocenters. The molecule has 12 heteroatoms. The second-order valence-electron chi connectivity index (χ2n) is 7.16. The fourth-order valence-corrected chi connectivity index (χ4v) is 3.51. The van der Waals surface area contributed by atoms with Crippen LogP contribution in [0.1, 0.15) is 19.3 Å². The molecule has 0 saturated carbocycles. The molecule has 0 aromatic heterocycles. The maximum atomic E-state index is 10.5. The van der Waals surface area contributed by atoms with Gasteiger partial charge in [-0.1, -0.05) is 6.42 Å². The van der Waals surface area contributed by atoms with E-state index in [1.54, 1.807) is 0 Å². The van der Waals surface area contributed by atoms with Crippen LogP contribution in [0.4, 0.5) is 0 Å². The minimum absolute atomic E-state index is 0.276. The number of aliphatic hydroxyl groups is 7. The van der Waals surface area contributed by atoms with Gasteiger partial charge >= 0.3 is 0 Å². The highest BCUT2D eigenvalue weighted by Gasteiger charge is 2.50. The minimum Gasteiger partial charge on any atom is -0.394 e. The van der Waals surface area contributed by atoms with Gasteiger partial charge in [0.1, 0.15) is 48.8 Å². The largest absolute Gasteiger partial charge is 0.394 e. The lowest BCUT2D eigenvalue weighted by molar-refractivity contribution is -0.359. The van der Waals surface area contributed by atoms with Crippen LogP contribution in [-0.2, 0) is 18.9 Å². The van der Waals surface area contributed by atoms with Crippen molar-refractivity contribution in [3.63, 3.8) is 0 Å². The molecule has 2 aliphatic rings. The normalized spacial score (nSPS) is 43.4. The summed E-state index contributed by atoms with van der Waals surface area (Å²) in [6.07, 6.45) is -11.9. The van der Waals surface area contributed by atoms with Gasteiger partial charge in [0.15, 0.2) is 12.6 Å². The highest BCUT2D eigenvalue weighted by molar-refractivity contribution is 7.80. The topological polar surface area (TPSA) is 179 Å². The fraction of sp³-hybridized carbons (Fsp3) is 1.00. The molecule has 0 amide bonds.